The Morgan fingerprint density at radius 2 is 1.81 bits per heavy atom. The number of carboxylic acid groups (broad SMARTS) is 1. The van der Waals surface area contributed by atoms with Crippen molar-refractivity contribution in [1.29, 1.82) is 0 Å². The molecule has 2 aliphatic rings. The van der Waals surface area contributed by atoms with Gasteiger partial charge in [-0.15, -0.1) is 0 Å². The van der Waals surface area contributed by atoms with Gasteiger partial charge in [0.1, 0.15) is 0 Å². The van der Waals surface area contributed by atoms with Gasteiger partial charge in [-0.2, -0.15) is 0 Å². The Hall–Kier alpha value is -2.37. The molecule has 27 heavy (non-hydrogen) atoms. The highest BCUT2D eigenvalue weighted by atomic mass is 16.4. The molecule has 5 heteroatoms. The van der Waals surface area contributed by atoms with Crippen LogP contribution in [0.3, 0.4) is 0 Å². The number of carbonyl (C=O) groups is 1. The molecule has 0 spiro atoms. The van der Waals surface area contributed by atoms with Gasteiger partial charge in [0, 0.05) is 44.5 Å². The summed E-state index contributed by atoms with van der Waals surface area (Å²) in [6.07, 6.45) is 2.18. The van der Waals surface area contributed by atoms with Gasteiger partial charge in [-0.05, 0) is 48.7 Å². The SMILES string of the molecule is O=C(O)c1cccc2c1CNC2CCCN1CCN(c2ccccc2)CC1. The third-order valence-electron chi connectivity index (χ3n) is 5.80. The lowest BCUT2D eigenvalue weighted by atomic mass is 9.97. The number of nitrogens with one attached hydrogen (secondary N) is 1. The maximum absolute atomic E-state index is 11.4. The fraction of sp³-hybridized carbons (Fsp3) is 0.409. The molecule has 0 aromatic heterocycles. The molecule has 2 heterocycles. The van der Waals surface area contributed by atoms with Crippen molar-refractivity contribution in [3.05, 3.63) is 65.2 Å². The lowest BCUT2D eigenvalue weighted by molar-refractivity contribution is 0.0695. The maximum atomic E-state index is 11.4. The van der Waals surface area contributed by atoms with Crippen LogP contribution in [0.1, 0.15) is 40.4 Å². The summed E-state index contributed by atoms with van der Waals surface area (Å²) < 4.78 is 0. The fourth-order valence-corrected chi connectivity index (χ4v) is 4.31. The van der Waals surface area contributed by atoms with Gasteiger partial charge in [-0.3, -0.25) is 4.90 Å². The van der Waals surface area contributed by atoms with E-state index in [4.69, 9.17) is 0 Å². The van der Waals surface area contributed by atoms with Gasteiger partial charge in [0.2, 0.25) is 0 Å². The van der Waals surface area contributed by atoms with Crippen molar-refractivity contribution in [1.82, 2.24) is 10.2 Å². The highest BCUT2D eigenvalue weighted by Crippen LogP contribution is 2.31. The molecule has 1 fully saturated rings. The van der Waals surface area contributed by atoms with Crippen LogP contribution < -0.4 is 10.2 Å². The van der Waals surface area contributed by atoms with E-state index in [9.17, 15) is 9.90 Å². The molecule has 1 unspecified atom stereocenters. The Bertz CT molecular complexity index is 785. The van der Waals surface area contributed by atoms with E-state index in [1.807, 2.05) is 6.07 Å². The fourth-order valence-electron chi connectivity index (χ4n) is 4.31. The van der Waals surface area contributed by atoms with Gasteiger partial charge in [0.25, 0.3) is 0 Å². The van der Waals surface area contributed by atoms with Crippen LogP contribution in [0.2, 0.25) is 0 Å². The minimum absolute atomic E-state index is 0.282. The molecule has 0 amide bonds. The van der Waals surface area contributed by atoms with Gasteiger partial charge < -0.3 is 15.3 Å². The summed E-state index contributed by atoms with van der Waals surface area (Å²) in [7, 11) is 0. The average molecular weight is 365 g/mol. The molecule has 2 N–H and O–H groups in total. The minimum Gasteiger partial charge on any atom is -0.478 e. The molecule has 142 valence electrons. The lowest BCUT2D eigenvalue weighted by Gasteiger charge is -2.36. The van der Waals surface area contributed by atoms with E-state index < -0.39 is 5.97 Å². The molecule has 0 radical (unpaired) electrons. The van der Waals surface area contributed by atoms with Crippen molar-refractivity contribution in [3.8, 4) is 0 Å². The van der Waals surface area contributed by atoms with Crippen LogP contribution in [0.5, 0.6) is 0 Å². The first-order chi connectivity index (χ1) is 13.2. The van der Waals surface area contributed by atoms with E-state index in [2.05, 4.69) is 51.5 Å². The maximum Gasteiger partial charge on any atom is 0.336 e. The van der Waals surface area contributed by atoms with E-state index in [-0.39, 0.29) is 6.04 Å². The van der Waals surface area contributed by atoms with Crippen molar-refractivity contribution in [2.24, 2.45) is 0 Å². The largest absolute Gasteiger partial charge is 0.478 e. The van der Waals surface area contributed by atoms with Crippen molar-refractivity contribution in [3.63, 3.8) is 0 Å². The molecule has 4 rings (SSSR count). The highest BCUT2D eigenvalue weighted by molar-refractivity contribution is 5.90. The second-order valence-electron chi connectivity index (χ2n) is 7.42. The van der Waals surface area contributed by atoms with Crippen molar-refractivity contribution < 1.29 is 9.90 Å². The molecule has 0 saturated carbocycles. The molecule has 2 aromatic rings. The molecular formula is C22H27N3O2. The number of para-hydroxylation sites is 1. The van der Waals surface area contributed by atoms with Crippen LogP contribution in [-0.2, 0) is 6.54 Å². The molecule has 2 aromatic carbocycles. The Morgan fingerprint density at radius 3 is 2.56 bits per heavy atom. The molecule has 0 aliphatic carbocycles. The normalized spacial score (nSPS) is 19.9. The summed E-state index contributed by atoms with van der Waals surface area (Å²) in [6, 6.07) is 16.6. The van der Waals surface area contributed by atoms with Gasteiger partial charge in [0.15, 0.2) is 0 Å². The Balaban J connectivity index is 1.25. The van der Waals surface area contributed by atoms with Gasteiger partial charge in [0.05, 0.1) is 5.56 Å². The standard InChI is InChI=1S/C22H27N3O2/c26-22(27)19-9-4-8-18-20(19)16-23-21(18)10-5-11-24-12-14-25(15-13-24)17-6-2-1-3-7-17/h1-4,6-9,21,23H,5,10-16H2,(H,26,27). The van der Waals surface area contributed by atoms with E-state index in [1.165, 1.54) is 11.3 Å². The Labute approximate surface area is 160 Å². The second-order valence-corrected chi connectivity index (χ2v) is 7.42. The molecular weight excluding hydrogens is 338 g/mol. The molecule has 1 atom stereocenters. The number of rotatable bonds is 6. The summed E-state index contributed by atoms with van der Waals surface area (Å²) in [4.78, 5) is 16.4. The first-order valence-electron chi connectivity index (χ1n) is 9.83. The quantitative estimate of drug-likeness (QED) is 0.824. The summed E-state index contributed by atoms with van der Waals surface area (Å²) in [5.41, 5.74) is 3.90. The van der Waals surface area contributed by atoms with Crippen molar-refractivity contribution in [2.45, 2.75) is 25.4 Å². The summed E-state index contributed by atoms with van der Waals surface area (Å²) >= 11 is 0. The van der Waals surface area contributed by atoms with Crippen LogP contribution in [0.15, 0.2) is 48.5 Å². The van der Waals surface area contributed by atoms with Crippen LogP contribution >= 0.6 is 0 Å². The second kappa shape index (κ2) is 8.11. The van der Waals surface area contributed by atoms with E-state index in [0.29, 0.717) is 12.1 Å². The van der Waals surface area contributed by atoms with Crippen LogP contribution in [0.25, 0.3) is 0 Å². The molecule has 0 bridgehead atoms. The average Bonchev–Trinajstić information content (AvgIpc) is 3.12. The number of benzene rings is 2. The third-order valence-corrected chi connectivity index (χ3v) is 5.80. The highest BCUT2D eigenvalue weighted by Gasteiger charge is 2.26. The smallest absolute Gasteiger partial charge is 0.336 e. The Morgan fingerprint density at radius 1 is 1.04 bits per heavy atom. The zero-order chi connectivity index (χ0) is 18.6. The number of hydrogen-bond donors (Lipinski definition) is 2. The van der Waals surface area contributed by atoms with Gasteiger partial charge in [-0.25, -0.2) is 4.79 Å². The van der Waals surface area contributed by atoms with E-state index in [1.54, 1.807) is 6.07 Å². The Kier molecular flexibility index (Phi) is 5.41. The lowest BCUT2D eigenvalue weighted by Crippen LogP contribution is -2.46. The van der Waals surface area contributed by atoms with Crippen LogP contribution in [0.4, 0.5) is 5.69 Å². The number of nitrogens with zero attached hydrogens (tertiary/aromatic N) is 2. The zero-order valence-electron chi connectivity index (χ0n) is 15.6. The monoisotopic (exact) mass is 365 g/mol. The number of hydrogen-bond acceptors (Lipinski definition) is 4. The summed E-state index contributed by atoms with van der Waals surface area (Å²) in [5.74, 6) is -0.828. The number of fused-ring (bicyclic) bond motifs is 1. The first kappa shape index (κ1) is 18.0. The predicted octanol–water partition coefficient (Wildman–Crippen LogP) is 3.13. The number of anilines is 1. The molecule has 1 saturated heterocycles. The predicted molar refractivity (Wildman–Crippen MR) is 107 cm³/mol. The third kappa shape index (κ3) is 3.99. The molecule has 5 nitrogen and oxygen atoms in total. The number of aromatic carboxylic acids is 1. The number of carboxylic acids is 1. The van der Waals surface area contributed by atoms with Gasteiger partial charge >= 0.3 is 5.97 Å². The van der Waals surface area contributed by atoms with E-state index in [0.717, 1.165) is 51.1 Å². The van der Waals surface area contributed by atoms with Gasteiger partial charge in [-0.1, -0.05) is 30.3 Å². The summed E-state index contributed by atoms with van der Waals surface area (Å²) in [6.45, 7) is 6.14. The van der Waals surface area contributed by atoms with Crippen molar-refractivity contribution >= 4 is 11.7 Å². The van der Waals surface area contributed by atoms with Crippen LogP contribution in [0, 0.1) is 0 Å². The van der Waals surface area contributed by atoms with Crippen LogP contribution in [-0.4, -0.2) is 48.7 Å². The minimum atomic E-state index is -0.828. The number of piperazine rings is 1. The topological polar surface area (TPSA) is 55.8 Å². The zero-order valence-corrected chi connectivity index (χ0v) is 15.6. The van der Waals surface area contributed by atoms with E-state index >= 15 is 0 Å². The summed E-state index contributed by atoms with van der Waals surface area (Å²) in [5, 5.41) is 12.8. The molecule has 2 aliphatic heterocycles. The van der Waals surface area contributed by atoms with Crippen molar-refractivity contribution in [2.75, 3.05) is 37.6 Å². The first-order valence-corrected chi connectivity index (χ1v) is 9.83.